The molecular formula is C19H23ClN3O4+. The number of anilines is 1. The number of methoxy groups -OCH3 is 1. The first-order valence-corrected chi connectivity index (χ1v) is 9.23. The van der Waals surface area contributed by atoms with Gasteiger partial charge in [-0.1, -0.05) is 23.8 Å². The smallest absolute Gasteiger partial charge is 0.279 e. The van der Waals surface area contributed by atoms with Crippen LogP contribution in [0.5, 0.6) is 5.75 Å². The molecule has 1 heterocycles. The molecule has 0 spiro atoms. The van der Waals surface area contributed by atoms with Gasteiger partial charge in [-0.05, 0) is 31.0 Å². The second-order valence-electron chi connectivity index (χ2n) is 6.95. The van der Waals surface area contributed by atoms with Crippen LogP contribution in [0, 0.1) is 11.8 Å². The van der Waals surface area contributed by atoms with Crippen molar-refractivity contribution in [2.75, 3.05) is 32.7 Å². The van der Waals surface area contributed by atoms with Crippen LogP contribution >= 0.6 is 11.6 Å². The van der Waals surface area contributed by atoms with Crippen molar-refractivity contribution in [2.45, 2.75) is 12.8 Å². The molecular weight excluding hydrogens is 370 g/mol. The second-order valence-corrected chi connectivity index (χ2v) is 7.38. The van der Waals surface area contributed by atoms with Crippen LogP contribution in [0.15, 0.2) is 30.4 Å². The summed E-state index contributed by atoms with van der Waals surface area (Å²) in [4.78, 5) is 39.4. The number of imide groups is 1. The van der Waals surface area contributed by atoms with Crippen molar-refractivity contribution in [3.05, 3.63) is 35.4 Å². The number of halogens is 1. The molecule has 7 nitrogen and oxygen atoms in total. The monoisotopic (exact) mass is 392 g/mol. The highest BCUT2D eigenvalue weighted by Gasteiger charge is 2.48. The minimum atomic E-state index is -0.258. The molecule has 0 aromatic heterocycles. The summed E-state index contributed by atoms with van der Waals surface area (Å²) in [5, 5.41) is 3.25. The molecule has 1 unspecified atom stereocenters. The molecule has 2 aliphatic rings. The van der Waals surface area contributed by atoms with Gasteiger partial charge in [0, 0.05) is 5.02 Å². The molecule has 1 aromatic carbocycles. The van der Waals surface area contributed by atoms with Crippen molar-refractivity contribution in [1.82, 2.24) is 4.90 Å². The maximum atomic E-state index is 12.5. The van der Waals surface area contributed by atoms with Crippen LogP contribution < -0.4 is 15.0 Å². The average molecular weight is 393 g/mol. The van der Waals surface area contributed by atoms with E-state index in [-0.39, 0.29) is 42.8 Å². The van der Waals surface area contributed by atoms with Crippen molar-refractivity contribution in [2.24, 2.45) is 11.8 Å². The first-order valence-electron chi connectivity index (χ1n) is 8.85. The van der Waals surface area contributed by atoms with Gasteiger partial charge < -0.3 is 15.0 Å². The van der Waals surface area contributed by atoms with E-state index in [1.807, 2.05) is 12.2 Å². The number of benzene rings is 1. The molecule has 2 N–H and O–H groups in total. The highest BCUT2D eigenvalue weighted by molar-refractivity contribution is 6.31. The van der Waals surface area contributed by atoms with Crippen LogP contribution in [0.2, 0.25) is 5.02 Å². The molecule has 0 bridgehead atoms. The van der Waals surface area contributed by atoms with Gasteiger partial charge in [0.05, 0.1) is 31.7 Å². The lowest BCUT2D eigenvalue weighted by molar-refractivity contribution is -0.878. The lowest BCUT2D eigenvalue weighted by atomic mass is 9.85. The maximum Gasteiger partial charge on any atom is 0.279 e. The van der Waals surface area contributed by atoms with Crippen molar-refractivity contribution >= 4 is 35.0 Å². The zero-order valence-corrected chi connectivity index (χ0v) is 16.1. The Bertz CT molecular complexity index is 769. The van der Waals surface area contributed by atoms with Gasteiger partial charge in [-0.2, -0.15) is 0 Å². The molecule has 27 heavy (non-hydrogen) atoms. The fraction of sp³-hybridized carbons (Fsp3) is 0.421. The van der Waals surface area contributed by atoms with Gasteiger partial charge >= 0.3 is 0 Å². The summed E-state index contributed by atoms with van der Waals surface area (Å²) in [5.41, 5.74) is 0.480. The highest BCUT2D eigenvalue weighted by Crippen LogP contribution is 2.34. The summed E-state index contributed by atoms with van der Waals surface area (Å²) in [6.07, 6.45) is 5.14. The summed E-state index contributed by atoms with van der Waals surface area (Å²) >= 11 is 5.97. The van der Waals surface area contributed by atoms with Gasteiger partial charge in [-0.25, -0.2) is 4.90 Å². The quantitative estimate of drug-likeness (QED) is 0.552. The molecule has 3 amide bonds. The fourth-order valence-corrected chi connectivity index (χ4v) is 3.77. The predicted octanol–water partition coefficient (Wildman–Crippen LogP) is 0.710. The number of hydrogen-bond donors (Lipinski definition) is 2. The Morgan fingerprint density at radius 3 is 2.48 bits per heavy atom. The van der Waals surface area contributed by atoms with Crippen LogP contribution in [0.3, 0.4) is 0 Å². The van der Waals surface area contributed by atoms with E-state index in [0.717, 1.165) is 4.90 Å². The molecule has 144 valence electrons. The zero-order valence-electron chi connectivity index (χ0n) is 15.3. The number of quaternary nitrogens is 1. The summed E-state index contributed by atoms with van der Waals surface area (Å²) in [7, 11) is 3.28. The number of rotatable bonds is 6. The van der Waals surface area contributed by atoms with Gasteiger partial charge in [0.2, 0.25) is 11.8 Å². The third kappa shape index (κ3) is 4.14. The first-order chi connectivity index (χ1) is 12.9. The highest BCUT2D eigenvalue weighted by atomic mass is 35.5. The Balaban J connectivity index is 1.59. The van der Waals surface area contributed by atoms with Gasteiger partial charge in [0.1, 0.15) is 5.75 Å². The third-order valence-electron chi connectivity index (χ3n) is 4.92. The first kappa shape index (κ1) is 19.4. The van der Waals surface area contributed by atoms with Crippen molar-refractivity contribution in [3.63, 3.8) is 0 Å². The van der Waals surface area contributed by atoms with Gasteiger partial charge in [-0.3, -0.25) is 14.4 Å². The number of hydrogen-bond acceptors (Lipinski definition) is 4. The minimum Gasteiger partial charge on any atom is -0.495 e. The molecule has 0 radical (unpaired) electrons. The van der Waals surface area contributed by atoms with Crippen LogP contribution in [0.1, 0.15) is 12.8 Å². The number of nitrogens with one attached hydrogen (secondary N) is 2. The number of carbonyl (C=O) groups excluding carboxylic acids is 3. The SMILES string of the molecule is COc1ccc(Cl)cc1NC(=O)C[NH+](C)CN1C(=O)[C@H]2CC=CC[C@H]2C1=O. The average Bonchev–Trinajstić information content (AvgIpc) is 2.87. The summed E-state index contributed by atoms with van der Waals surface area (Å²) < 4.78 is 5.21. The molecule has 1 aromatic rings. The van der Waals surface area contributed by atoms with E-state index in [4.69, 9.17) is 16.3 Å². The van der Waals surface area contributed by atoms with E-state index in [9.17, 15) is 14.4 Å². The molecule has 8 heteroatoms. The summed E-state index contributed by atoms with van der Waals surface area (Å²) in [6, 6.07) is 4.96. The van der Waals surface area contributed by atoms with Gasteiger partial charge in [0.15, 0.2) is 13.2 Å². The lowest BCUT2D eigenvalue weighted by Crippen LogP contribution is -3.11. The molecule has 0 saturated carbocycles. The molecule has 1 aliphatic carbocycles. The number of carbonyl (C=O) groups is 3. The van der Waals surface area contributed by atoms with E-state index >= 15 is 0 Å². The molecule has 1 saturated heterocycles. The second kappa shape index (κ2) is 8.10. The van der Waals surface area contributed by atoms with Gasteiger partial charge in [0.25, 0.3) is 5.91 Å². The number of allylic oxidation sites excluding steroid dienone is 2. The standard InChI is InChI=1S/C19H22ClN3O4/c1-22(10-17(24)21-15-9-12(20)7-8-16(15)27-2)11-23-18(25)13-5-3-4-6-14(13)19(23)26/h3-4,7-9,13-14H,5-6,10-11H2,1-2H3,(H,21,24)/p+1/t13-,14+. The van der Waals surface area contributed by atoms with Crippen LogP contribution in [-0.2, 0) is 14.4 Å². The van der Waals surface area contributed by atoms with Crippen LogP contribution in [-0.4, -0.2) is 50.0 Å². The predicted molar refractivity (Wildman–Crippen MR) is 100 cm³/mol. The Morgan fingerprint density at radius 2 is 1.89 bits per heavy atom. The Kier molecular flexibility index (Phi) is 5.82. The lowest BCUT2D eigenvalue weighted by Gasteiger charge is -2.20. The van der Waals surface area contributed by atoms with E-state index < -0.39 is 0 Å². The van der Waals surface area contributed by atoms with E-state index in [1.54, 1.807) is 25.2 Å². The maximum absolute atomic E-state index is 12.5. The Hall–Kier alpha value is -2.38. The van der Waals surface area contributed by atoms with Gasteiger partial charge in [-0.15, -0.1) is 0 Å². The number of likely N-dealkylation sites (N-methyl/N-ethyl adjacent to an activating group) is 1. The molecule has 1 aliphatic heterocycles. The number of likely N-dealkylation sites (tertiary alicyclic amines) is 1. The van der Waals surface area contributed by atoms with Crippen molar-refractivity contribution in [1.29, 1.82) is 0 Å². The minimum absolute atomic E-state index is 0.0975. The summed E-state index contributed by atoms with van der Waals surface area (Å²) in [6.45, 7) is 0.269. The van der Waals surface area contributed by atoms with Crippen LogP contribution in [0.25, 0.3) is 0 Å². The van der Waals surface area contributed by atoms with E-state index in [2.05, 4.69) is 5.32 Å². The number of ether oxygens (including phenoxy) is 1. The molecule has 1 fully saturated rings. The third-order valence-corrected chi connectivity index (χ3v) is 5.16. The molecule has 3 atom stereocenters. The number of fused-ring (bicyclic) bond motifs is 1. The normalized spacial score (nSPS) is 22.6. The van der Waals surface area contributed by atoms with Crippen LogP contribution in [0.4, 0.5) is 5.69 Å². The van der Waals surface area contributed by atoms with E-state index in [0.29, 0.717) is 29.3 Å². The Labute approximate surface area is 162 Å². The molecule has 3 rings (SSSR count). The van der Waals surface area contributed by atoms with Crippen molar-refractivity contribution < 1.29 is 24.0 Å². The zero-order chi connectivity index (χ0) is 19.6. The van der Waals surface area contributed by atoms with Crippen molar-refractivity contribution in [3.8, 4) is 5.75 Å². The number of nitrogens with zero attached hydrogens (tertiary/aromatic N) is 1. The number of amides is 3. The van der Waals surface area contributed by atoms with E-state index in [1.165, 1.54) is 12.0 Å². The topological polar surface area (TPSA) is 80.2 Å². The summed E-state index contributed by atoms with van der Waals surface area (Å²) in [5.74, 6) is -0.519. The Morgan fingerprint density at radius 1 is 1.26 bits per heavy atom. The largest absolute Gasteiger partial charge is 0.495 e. The fourth-order valence-electron chi connectivity index (χ4n) is 3.60.